The van der Waals surface area contributed by atoms with Gasteiger partial charge in [0.2, 0.25) is 0 Å². The maximum Gasteiger partial charge on any atom is 0.101 e. The summed E-state index contributed by atoms with van der Waals surface area (Å²) in [6.07, 6.45) is 2.33. The van der Waals surface area contributed by atoms with Crippen molar-refractivity contribution >= 4 is 11.4 Å². The molecule has 1 aromatic rings. The average molecular weight is 231 g/mol. The largest absolute Gasteiger partial charge is 0.398 e. The van der Waals surface area contributed by atoms with Gasteiger partial charge < -0.3 is 11.1 Å². The highest BCUT2D eigenvalue weighted by Gasteiger charge is 2.05. The molecule has 0 amide bonds. The van der Waals surface area contributed by atoms with Crippen LogP contribution in [0.3, 0.4) is 0 Å². The minimum absolute atomic E-state index is 0.410. The first-order valence-corrected chi connectivity index (χ1v) is 6.09. The van der Waals surface area contributed by atoms with Crippen LogP contribution >= 0.6 is 0 Å². The zero-order valence-corrected chi connectivity index (χ0v) is 10.8. The Morgan fingerprint density at radius 3 is 2.59 bits per heavy atom. The third kappa shape index (κ3) is 4.36. The number of nitrogens with two attached hydrogens (primary N) is 1. The summed E-state index contributed by atoms with van der Waals surface area (Å²) in [4.78, 5) is 0. The summed E-state index contributed by atoms with van der Waals surface area (Å²) in [5, 5.41) is 12.3. The molecule has 1 atom stereocenters. The van der Waals surface area contributed by atoms with E-state index in [-0.39, 0.29) is 0 Å². The van der Waals surface area contributed by atoms with Gasteiger partial charge in [0.1, 0.15) is 6.07 Å². The van der Waals surface area contributed by atoms with Gasteiger partial charge in [0, 0.05) is 17.4 Å². The van der Waals surface area contributed by atoms with Crippen LogP contribution in [-0.2, 0) is 0 Å². The molecule has 0 aliphatic rings. The van der Waals surface area contributed by atoms with E-state index in [1.54, 1.807) is 12.1 Å². The highest BCUT2D eigenvalue weighted by molar-refractivity contribution is 5.62. The van der Waals surface area contributed by atoms with Gasteiger partial charge in [0.05, 0.1) is 5.56 Å². The Balaban J connectivity index is 2.60. The van der Waals surface area contributed by atoms with Crippen molar-refractivity contribution in [3.63, 3.8) is 0 Å². The maximum atomic E-state index is 8.90. The Kier molecular flexibility index (Phi) is 4.84. The first kappa shape index (κ1) is 13.4. The summed E-state index contributed by atoms with van der Waals surface area (Å²) in [6.45, 7) is 6.61. The predicted molar refractivity (Wildman–Crippen MR) is 72.7 cm³/mol. The Labute approximate surface area is 104 Å². The van der Waals surface area contributed by atoms with Crippen LogP contribution in [0.25, 0.3) is 0 Å². The van der Waals surface area contributed by atoms with Crippen molar-refractivity contribution in [1.29, 1.82) is 5.26 Å². The fourth-order valence-corrected chi connectivity index (χ4v) is 1.68. The molecule has 3 nitrogen and oxygen atoms in total. The molecule has 1 unspecified atom stereocenters. The van der Waals surface area contributed by atoms with Gasteiger partial charge in [0.15, 0.2) is 0 Å². The van der Waals surface area contributed by atoms with Crippen LogP contribution in [0.2, 0.25) is 0 Å². The lowest BCUT2D eigenvalue weighted by Gasteiger charge is -2.16. The van der Waals surface area contributed by atoms with Crippen LogP contribution in [0.15, 0.2) is 18.2 Å². The van der Waals surface area contributed by atoms with Crippen LogP contribution in [0.1, 0.15) is 39.2 Å². The quantitative estimate of drug-likeness (QED) is 0.764. The molecule has 3 heteroatoms. The molecular formula is C14H21N3. The molecule has 92 valence electrons. The Morgan fingerprint density at radius 2 is 2.00 bits per heavy atom. The van der Waals surface area contributed by atoms with E-state index >= 15 is 0 Å². The summed E-state index contributed by atoms with van der Waals surface area (Å²) in [5.74, 6) is 0.723. The van der Waals surface area contributed by atoms with Crippen LogP contribution in [-0.4, -0.2) is 6.04 Å². The second kappa shape index (κ2) is 6.15. The van der Waals surface area contributed by atoms with E-state index < -0.39 is 0 Å². The Hall–Kier alpha value is -1.69. The van der Waals surface area contributed by atoms with Crippen molar-refractivity contribution in [3.8, 4) is 6.07 Å². The topological polar surface area (TPSA) is 61.8 Å². The first-order valence-electron chi connectivity index (χ1n) is 6.09. The lowest BCUT2D eigenvalue weighted by Crippen LogP contribution is -2.15. The average Bonchev–Trinajstić information content (AvgIpc) is 2.29. The maximum absolute atomic E-state index is 8.90. The molecule has 0 radical (unpaired) electrons. The van der Waals surface area contributed by atoms with E-state index in [1.807, 2.05) is 6.07 Å². The van der Waals surface area contributed by atoms with E-state index in [0.29, 0.717) is 17.3 Å². The molecule has 0 spiro atoms. The van der Waals surface area contributed by atoms with Gasteiger partial charge in [-0.15, -0.1) is 0 Å². The zero-order valence-electron chi connectivity index (χ0n) is 10.8. The molecule has 0 heterocycles. The summed E-state index contributed by atoms with van der Waals surface area (Å²) < 4.78 is 0. The number of benzene rings is 1. The van der Waals surface area contributed by atoms with Gasteiger partial charge >= 0.3 is 0 Å². The van der Waals surface area contributed by atoms with E-state index in [2.05, 4.69) is 32.2 Å². The summed E-state index contributed by atoms with van der Waals surface area (Å²) >= 11 is 0. The van der Waals surface area contributed by atoms with Crippen molar-refractivity contribution in [2.24, 2.45) is 5.92 Å². The van der Waals surface area contributed by atoms with Crippen molar-refractivity contribution in [3.05, 3.63) is 23.8 Å². The zero-order chi connectivity index (χ0) is 12.8. The summed E-state index contributed by atoms with van der Waals surface area (Å²) in [5.41, 5.74) is 7.71. The molecule has 0 aliphatic carbocycles. The molecule has 17 heavy (non-hydrogen) atoms. The smallest absolute Gasteiger partial charge is 0.101 e. The van der Waals surface area contributed by atoms with Gasteiger partial charge in [-0.05, 0) is 43.9 Å². The lowest BCUT2D eigenvalue weighted by atomic mass is 10.0. The highest BCUT2D eigenvalue weighted by atomic mass is 14.9. The molecule has 0 bridgehead atoms. The van der Waals surface area contributed by atoms with E-state index in [4.69, 9.17) is 11.0 Å². The Bertz CT molecular complexity index is 404. The van der Waals surface area contributed by atoms with E-state index in [1.165, 1.54) is 6.42 Å². The van der Waals surface area contributed by atoms with Gasteiger partial charge in [0.25, 0.3) is 0 Å². The van der Waals surface area contributed by atoms with Crippen LogP contribution in [0.4, 0.5) is 11.4 Å². The fraction of sp³-hybridized carbons (Fsp3) is 0.500. The van der Waals surface area contributed by atoms with Gasteiger partial charge in [-0.2, -0.15) is 5.26 Å². The number of nitrogens with zero attached hydrogens (tertiary/aromatic N) is 1. The number of nitrogens with one attached hydrogen (secondary N) is 1. The molecule has 1 rings (SSSR count). The minimum atomic E-state index is 0.410. The number of hydrogen-bond donors (Lipinski definition) is 2. The standard InChI is InChI=1S/C14H21N3/c1-10(2)4-5-11(3)17-13-6-7-14(16)12(8-13)9-15/h6-8,10-11,17H,4-5,16H2,1-3H3. The molecule has 0 saturated heterocycles. The normalized spacial score (nSPS) is 12.2. The van der Waals surface area contributed by atoms with Crippen LogP contribution < -0.4 is 11.1 Å². The number of nitrogen functional groups attached to an aromatic ring is 1. The Morgan fingerprint density at radius 1 is 1.29 bits per heavy atom. The van der Waals surface area contributed by atoms with Crippen LogP contribution in [0.5, 0.6) is 0 Å². The van der Waals surface area contributed by atoms with Crippen molar-refractivity contribution in [1.82, 2.24) is 0 Å². The van der Waals surface area contributed by atoms with E-state index in [9.17, 15) is 0 Å². The number of hydrogen-bond acceptors (Lipinski definition) is 3. The summed E-state index contributed by atoms with van der Waals surface area (Å²) in [7, 11) is 0. The van der Waals surface area contributed by atoms with Crippen molar-refractivity contribution in [2.45, 2.75) is 39.7 Å². The molecule has 0 aromatic heterocycles. The first-order chi connectivity index (χ1) is 8.02. The molecule has 0 fully saturated rings. The summed E-state index contributed by atoms with van der Waals surface area (Å²) in [6, 6.07) is 8.00. The highest BCUT2D eigenvalue weighted by Crippen LogP contribution is 2.18. The van der Waals surface area contributed by atoms with Crippen molar-refractivity contribution in [2.75, 3.05) is 11.1 Å². The van der Waals surface area contributed by atoms with Gasteiger partial charge in [-0.1, -0.05) is 13.8 Å². The van der Waals surface area contributed by atoms with Crippen LogP contribution in [0, 0.1) is 17.2 Å². The molecule has 0 saturated carbocycles. The number of nitriles is 1. The third-order valence-corrected chi connectivity index (χ3v) is 2.76. The lowest BCUT2D eigenvalue weighted by molar-refractivity contribution is 0.528. The molecular weight excluding hydrogens is 210 g/mol. The fourth-order valence-electron chi connectivity index (χ4n) is 1.68. The SMILES string of the molecule is CC(C)CCC(C)Nc1ccc(N)c(C#N)c1. The predicted octanol–water partition coefficient (Wildman–Crippen LogP) is 3.38. The number of anilines is 2. The monoisotopic (exact) mass is 231 g/mol. The van der Waals surface area contributed by atoms with Gasteiger partial charge in [-0.25, -0.2) is 0 Å². The van der Waals surface area contributed by atoms with Crippen molar-refractivity contribution < 1.29 is 0 Å². The van der Waals surface area contributed by atoms with Gasteiger partial charge in [-0.3, -0.25) is 0 Å². The van der Waals surface area contributed by atoms with E-state index in [0.717, 1.165) is 18.0 Å². The molecule has 3 N–H and O–H groups in total. The number of rotatable bonds is 5. The molecule has 0 aliphatic heterocycles. The second-order valence-corrected chi connectivity index (χ2v) is 4.93. The second-order valence-electron chi connectivity index (χ2n) is 4.93. The third-order valence-electron chi connectivity index (χ3n) is 2.76. The minimum Gasteiger partial charge on any atom is -0.398 e. The molecule has 1 aromatic carbocycles.